The Morgan fingerprint density at radius 2 is 2.19 bits per heavy atom. The molecule has 0 amide bonds. The van der Waals surface area contributed by atoms with Crippen molar-refractivity contribution < 1.29 is 0 Å². The van der Waals surface area contributed by atoms with Crippen molar-refractivity contribution in [2.45, 2.75) is 51.7 Å². The van der Waals surface area contributed by atoms with Gasteiger partial charge in [0.25, 0.3) is 0 Å². The summed E-state index contributed by atoms with van der Waals surface area (Å²) in [5.74, 6) is 0. The van der Waals surface area contributed by atoms with E-state index in [1.165, 1.54) is 6.33 Å². The first-order valence-corrected chi connectivity index (χ1v) is 5.50. The minimum atomic E-state index is -0.528. The van der Waals surface area contributed by atoms with E-state index in [2.05, 4.69) is 21.5 Å². The van der Waals surface area contributed by atoms with Gasteiger partial charge in [0.1, 0.15) is 18.2 Å². The lowest BCUT2D eigenvalue weighted by Crippen LogP contribution is -2.46. The smallest absolute Gasteiger partial charge is 0.137 e. The molecule has 16 heavy (non-hydrogen) atoms. The maximum Gasteiger partial charge on any atom is 0.137 e. The molecule has 1 heterocycles. The second-order valence-corrected chi connectivity index (χ2v) is 4.67. The van der Waals surface area contributed by atoms with Crippen LogP contribution in [0.2, 0.25) is 0 Å². The van der Waals surface area contributed by atoms with Gasteiger partial charge in [-0.25, -0.2) is 4.98 Å². The molecule has 0 radical (unpaired) electrons. The quantitative estimate of drug-likeness (QED) is 0.818. The minimum absolute atomic E-state index is 0.151. The third-order valence-electron chi connectivity index (χ3n) is 2.45. The summed E-state index contributed by atoms with van der Waals surface area (Å²) in [6.45, 7) is 8.03. The highest BCUT2D eigenvalue weighted by Crippen LogP contribution is 2.19. The van der Waals surface area contributed by atoms with Gasteiger partial charge in [0.05, 0.1) is 12.1 Å². The monoisotopic (exact) mass is 221 g/mol. The number of nitrogens with one attached hydrogen (secondary N) is 1. The summed E-state index contributed by atoms with van der Waals surface area (Å²) in [5.41, 5.74) is -0.528. The highest BCUT2D eigenvalue weighted by atomic mass is 15.3. The maximum absolute atomic E-state index is 9.22. The van der Waals surface area contributed by atoms with E-state index in [1.807, 2.05) is 27.7 Å². The normalized spacial score (nSPS) is 16.8. The predicted molar refractivity (Wildman–Crippen MR) is 61.6 cm³/mol. The zero-order valence-electron chi connectivity index (χ0n) is 10.3. The molecule has 0 aliphatic carbocycles. The third kappa shape index (κ3) is 3.31. The predicted octanol–water partition coefficient (Wildman–Crippen LogP) is 1.51. The van der Waals surface area contributed by atoms with E-state index in [0.29, 0.717) is 6.42 Å². The lowest BCUT2D eigenvalue weighted by molar-refractivity contribution is 0.314. The van der Waals surface area contributed by atoms with Crippen LogP contribution in [0.25, 0.3) is 0 Å². The van der Waals surface area contributed by atoms with Gasteiger partial charge in [-0.1, -0.05) is 0 Å². The van der Waals surface area contributed by atoms with Gasteiger partial charge in [-0.2, -0.15) is 10.4 Å². The molecule has 0 aromatic carbocycles. The van der Waals surface area contributed by atoms with Crippen molar-refractivity contribution in [3.63, 3.8) is 0 Å². The largest absolute Gasteiger partial charge is 0.297 e. The molecule has 0 fully saturated rings. The average molecular weight is 221 g/mol. The second-order valence-electron chi connectivity index (χ2n) is 4.67. The Kier molecular flexibility index (Phi) is 4.02. The van der Waals surface area contributed by atoms with Crippen molar-refractivity contribution in [1.82, 2.24) is 20.1 Å². The van der Waals surface area contributed by atoms with Crippen molar-refractivity contribution in [3.05, 3.63) is 12.7 Å². The molecule has 1 rings (SSSR count). The van der Waals surface area contributed by atoms with Crippen LogP contribution >= 0.6 is 0 Å². The summed E-state index contributed by atoms with van der Waals surface area (Å²) in [4.78, 5) is 3.91. The molecule has 5 heteroatoms. The van der Waals surface area contributed by atoms with Crippen molar-refractivity contribution in [3.8, 4) is 6.07 Å². The first-order chi connectivity index (χ1) is 7.47. The number of hydrogen-bond donors (Lipinski definition) is 1. The van der Waals surface area contributed by atoms with Crippen LogP contribution in [0.5, 0.6) is 0 Å². The highest BCUT2D eigenvalue weighted by Gasteiger charge is 2.27. The molecule has 0 spiro atoms. The summed E-state index contributed by atoms with van der Waals surface area (Å²) in [6.07, 6.45) is 3.89. The fourth-order valence-electron chi connectivity index (χ4n) is 1.90. The Balaban J connectivity index is 2.67. The summed E-state index contributed by atoms with van der Waals surface area (Å²) in [5, 5.41) is 16.6. The Bertz CT molecular complexity index is 351. The van der Waals surface area contributed by atoms with Crippen molar-refractivity contribution in [2.75, 3.05) is 0 Å². The Morgan fingerprint density at radius 3 is 2.62 bits per heavy atom. The Morgan fingerprint density at radius 1 is 1.50 bits per heavy atom. The van der Waals surface area contributed by atoms with Gasteiger partial charge in [0.2, 0.25) is 0 Å². The summed E-state index contributed by atoms with van der Waals surface area (Å²) in [7, 11) is 0. The van der Waals surface area contributed by atoms with Crippen LogP contribution in [-0.4, -0.2) is 26.3 Å². The van der Waals surface area contributed by atoms with Gasteiger partial charge in [0, 0.05) is 12.5 Å². The first-order valence-electron chi connectivity index (χ1n) is 5.50. The SMILES string of the molecule is CC(C)NC(C)(C#N)CC(C)n1cncn1. The molecule has 0 bridgehead atoms. The van der Waals surface area contributed by atoms with Crippen LogP contribution in [-0.2, 0) is 0 Å². The number of aromatic nitrogens is 3. The van der Waals surface area contributed by atoms with E-state index < -0.39 is 5.54 Å². The molecule has 0 saturated carbocycles. The van der Waals surface area contributed by atoms with E-state index in [4.69, 9.17) is 0 Å². The molecule has 1 N–H and O–H groups in total. The van der Waals surface area contributed by atoms with Crippen LogP contribution in [0.3, 0.4) is 0 Å². The molecule has 0 aliphatic rings. The lowest BCUT2D eigenvalue weighted by atomic mass is 9.94. The van der Waals surface area contributed by atoms with Crippen LogP contribution < -0.4 is 5.32 Å². The number of rotatable bonds is 5. The van der Waals surface area contributed by atoms with Gasteiger partial charge in [0.15, 0.2) is 0 Å². The highest BCUT2D eigenvalue weighted by molar-refractivity contribution is 5.05. The average Bonchev–Trinajstić information content (AvgIpc) is 2.69. The van der Waals surface area contributed by atoms with E-state index in [-0.39, 0.29) is 12.1 Å². The first kappa shape index (κ1) is 12.7. The molecule has 88 valence electrons. The molecule has 5 nitrogen and oxygen atoms in total. The van der Waals surface area contributed by atoms with Gasteiger partial charge in [-0.15, -0.1) is 0 Å². The molecule has 1 aromatic rings. The van der Waals surface area contributed by atoms with Crippen molar-refractivity contribution >= 4 is 0 Å². The third-order valence-corrected chi connectivity index (χ3v) is 2.45. The van der Waals surface area contributed by atoms with Crippen LogP contribution in [0, 0.1) is 11.3 Å². The molecular formula is C11H19N5. The minimum Gasteiger partial charge on any atom is -0.297 e. The Labute approximate surface area is 96.5 Å². The summed E-state index contributed by atoms with van der Waals surface area (Å²) in [6, 6.07) is 2.77. The molecule has 0 saturated heterocycles. The lowest BCUT2D eigenvalue weighted by Gasteiger charge is -2.28. The molecule has 0 aliphatic heterocycles. The Hall–Kier alpha value is -1.41. The van der Waals surface area contributed by atoms with E-state index in [1.54, 1.807) is 11.0 Å². The van der Waals surface area contributed by atoms with Crippen LogP contribution in [0.1, 0.15) is 40.2 Å². The maximum atomic E-state index is 9.22. The summed E-state index contributed by atoms with van der Waals surface area (Å²) >= 11 is 0. The topological polar surface area (TPSA) is 66.5 Å². The van der Waals surface area contributed by atoms with Crippen molar-refractivity contribution in [2.24, 2.45) is 0 Å². The standard InChI is InChI=1S/C11H19N5/c1-9(2)15-11(4,6-12)5-10(3)16-8-13-7-14-16/h7-10,15H,5H2,1-4H3. The summed E-state index contributed by atoms with van der Waals surface area (Å²) < 4.78 is 1.78. The van der Waals surface area contributed by atoms with Gasteiger partial charge in [-0.05, 0) is 27.7 Å². The fourth-order valence-corrected chi connectivity index (χ4v) is 1.90. The number of hydrogen-bond acceptors (Lipinski definition) is 4. The van der Waals surface area contributed by atoms with E-state index in [9.17, 15) is 5.26 Å². The molecular weight excluding hydrogens is 202 g/mol. The van der Waals surface area contributed by atoms with Gasteiger partial charge in [-0.3, -0.25) is 10.00 Å². The van der Waals surface area contributed by atoms with Crippen molar-refractivity contribution in [1.29, 1.82) is 5.26 Å². The zero-order valence-corrected chi connectivity index (χ0v) is 10.3. The molecule has 1 aromatic heterocycles. The second kappa shape index (κ2) is 5.08. The van der Waals surface area contributed by atoms with Crippen LogP contribution in [0.4, 0.5) is 0 Å². The van der Waals surface area contributed by atoms with Crippen LogP contribution in [0.15, 0.2) is 12.7 Å². The van der Waals surface area contributed by atoms with Gasteiger partial charge >= 0.3 is 0 Å². The van der Waals surface area contributed by atoms with E-state index >= 15 is 0 Å². The fraction of sp³-hybridized carbons (Fsp3) is 0.727. The number of nitriles is 1. The van der Waals surface area contributed by atoms with E-state index in [0.717, 1.165) is 0 Å². The molecule has 2 unspecified atom stereocenters. The van der Waals surface area contributed by atoms with Gasteiger partial charge < -0.3 is 0 Å². The zero-order chi connectivity index (χ0) is 12.2. The molecule has 2 atom stereocenters. The number of nitrogens with zero attached hydrogens (tertiary/aromatic N) is 4.